The zero-order chi connectivity index (χ0) is 9.84. The monoisotopic (exact) mass is 175 g/mol. The predicted octanol–water partition coefficient (Wildman–Crippen LogP) is 1.55. The van der Waals surface area contributed by atoms with Crippen LogP contribution in [-0.4, -0.2) is 0 Å². The van der Waals surface area contributed by atoms with Gasteiger partial charge in [0, 0.05) is 5.92 Å². The highest BCUT2D eigenvalue weighted by atomic mass is 14.7. The average Bonchev–Trinajstić information content (AvgIpc) is 2.11. The highest BCUT2D eigenvalue weighted by Gasteiger charge is 2.02. The fraction of sp³-hybridized carbons (Fsp3) is 0.300. The zero-order valence-electron chi connectivity index (χ0n) is 7.62. The van der Waals surface area contributed by atoms with Crippen LogP contribution in [0.25, 0.3) is 0 Å². The van der Waals surface area contributed by atoms with E-state index < -0.39 is 0 Å². The number of rotatable bonds is 2. The van der Waals surface area contributed by atoms with Crippen LogP contribution in [0, 0.1) is 17.2 Å². The van der Waals surface area contributed by atoms with E-state index in [-0.39, 0.29) is 5.92 Å². The van der Waals surface area contributed by atoms with Gasteiger partial charge in [0.1, 0.15) is 0 Å². The van der Waals surface area contributed by atoms with Gasteiger partial charge in [0.15, 0.2) is 0 Å². The van der Waals surface area contributed by atoms with Crippen LogP contribution in [0.15, 0.2) is 18.2 Å². The Kier molecular flexibility index (Phi) is 2.76. The van der Waals surface area contributed by atoms with Crippen molar-refractivity contribution in [1.82, 2.24) is 0 Å². The number of hydrogen-bond acceptors (Lipinski definition) is 3. The quantitative estimate of drug-likeness (QED) is 0.669. The van der Waals surface area contributed by atoms with Crippen molar-refractivity contribution in [1.29, 1.82) is 5.26 Å². The van der Waals surface area contributed by atoms with Gasteiger partial charge in [0.25, 0.3) is 0 Å². The molecule has 1 aromatic carbocycles. The molecule has 0 aliphatic heterocycles. The Labute approximate surface area is 78.0 Å². The van der Waals surface area contributed by atoms with Crippen molar-refractivity contribution in [2.45, 2.75) is 13.3 Å². The number of nitrogens with two attached hydrogens (primary N) is 2. The van der Waals surface area contributed by atoms with Crippen LogP contribution < -0.4 is 11.5 Å². The zero-order valence-corrected chi connectivity index (χ0v) is 7.62. The molecule has 0 aliphatic rings. The van der Waals surface area contributed by atoms with Crippen LogP contribution in [0.4, 0.5) is 11.4 Å². The van der Waals surface area contributed by atoms with Gasteiger partial charge < -0.3 is 11.5 Å². The van der Waals surface area contributed by atoms with E-state index >= 15 is 0 Å². The summed E-state index contributed by atoms with van der Waals surface area (Å²) in [5.41, 5.74) is 13.4. The Balaban J connectivity index is 2.81. The van der Waals surface area contributed by atoms with Crippen LogP contribution in [0.5, 0.6) is 0 Å². The maximum atomic E-state index is 8.61. The normalized spacial score (nSPS) is 12.0. The maximum Gasteiger partial charge on any atom is 0.0656 e. The molecule has 0 aliphatic carbocycles. The van der Waals surface area contributed by atoms with Gasteiger partial charge in [-0.2, -0.15) is 5.26 Å². The Morgan fingerprint density at radius 1 is 1.38 bits per heavy atom. The molecular weight excluding hydrogens is 162 g/mol. The van der Waals surface area contributed by atoms with Crippen LogP contribution in [-0.2, 0) is 6.42 Å². The van der Waals surface area contributed by atoms with E-state index in [1.807, 2.05) is 19.1 Å². The molecule has 0 radical (unpaired) electrons. The number of benzene rings is 1. The molecule has 1 rings (SSSR count). The third-order valence-corrected chi connectivity index (χ3v) is 1.91. The van der Waals surface area contributed by atoms with E-state index in [0.717, 1.165) is 12.0 Å². The first-order valence-corrected chi connectivity index (χ1v) is 4.17. The third-order valence-electron chi connectivity index (χ3n) is 1.91. The topological polar surface area (TPSA) is 75.8 Å². The summed E-state index contributed by atoms with van der Waals surface area (Å²) in [6, 6.07) is 7.67. The number of nitrogen functional groups attached to an aromatic ring is 2. The van der Waals surface area contributed by atoms with Gasteiger partial charge in [-0.1, -0.05) is 6.07 Å². The molecule has 1 aromatic rings. The van der Waals surface area contributed by atoms with Gasteiger partial charge in [-0.25, -0.2) is 0 Å². The lowest BCUT2D eigenvalue weighted by molar-refractivity contribution is 0.739. The lowest BCUT2D eigenvalue weighted by atomic mass is 10.0. The van der Waals surface area contributed by atoms with E-state index in [0.29, 0.717) is 11.4 Å². The van der Waals surface area contributed by atoms with Crippen LogP contribution in [0.2, 0.25) is 0 Å². The van der Waals surface area contributed by atoms with Crippen molar-refractivity contribution in [3.63, 3.8) is 0 Å². The van der Waals surface area contributed by atoms with Gasteiger partial charge in [-0.05, 0) is 31.0 Å². The minimum absolute atomic E-state index is 0.0167. The summed E-state index contributed by atoms with van der Waals surface area (Å²) >= 11 is 0. The number of hydrogen-bond donors (Lipinski definition) is 2. The second-order valence-electron chi connectivity index (χ2n) is 3.20. The van der Waals surface area contributed by atoms with Crippen molar-refractivity contribution >= 4 is 11.4 Å². The molecule has 3 nitrogen and oxygen atoms in total. The van der Waals surface area contributed by atoms with Crippen LogP contribution >= 0.6 is 0 Å². The SMILES string of the molecule is CC(C#N)Cc1ccc(N)c(N)c1. The number of anilines is 2. The van der Waals surface area contributed by atoms with Crippen molar-refractivity contribution in [3.8, 4) is 6.07 Å². The molecule has 4 N–H and O–H groups in total. The Morgan fingerprint density at radius 3 is 2.62 bits per heavy atom. The van der Waals surface area contributed by atoms with E-state index in [1.54, 1.807) is 6.07 Å². The number of nitrogens with zero attached hydrogens (tertiary/aromatic N) is 1. The first kappa shape index (κ1) is 9.40. The third kappa shape index (κ3) is 2.38. The molecular formula is C10H13N3. The van der Waals surface area contributed by atoms with Crippen molar-refractivity contribution < 1.29 is 0 Å². The molecule has 0 fully saturated rings. The Hall–Kier alpha value is -1.69. The molecule has 0 saturated carbocycles. The molecule has 0 aromatic heterocycles. The van der Waals surface area contributed by atoms with E-state index in [1.165, 1.54) is 0 Å². The summed E-state index contributed by atoms with van der Waals surface area (Å²) in [5.74, 6) is 0.0167. The molecule has 0 amide bonds. The summed E-state index contributed by atoms with van der Waals surface area (Å²) in [7, 11) is 0. The molecule has 0 bridgehead atoms. The smallest absolute Gasteiger partial charge is 0.0656 e. The van der Waals surface area contributed by atoms with Gasteiger partial charge in [0.2, 0.25) is 0 Å². The first-order valence-electron chi connectivity index (χ1n) is 4.17. The Bertz CT molecular complexity index is 339. The number of nitriles is 1. The standard InChI is InChI=1S/C10H13N3/c1-7(6-11)4-8-2-3-9(12)10(13)5-8/h2-3,5,7H,4,12-13H2,1H3. The van der Waals surface area contributed by atoms with Gasteiger partial charge in [-0.15, -0.1) is 0 Å². The highest BCUT2D eigenvalue weighted by molar-refractivity contribution is 5.63. The maximum absolute atomic E-state index is 8.61. The molecule has 13 heavy (non-hydrogen) atoms. The predicted molar refractivity (Wildman–Crippen MR) is 53.7 cm³/mol. The molecule has 3 heteroatoms. The van der Waals surface area contributed by atoms with Crippen LogP contribution in [0.1, 0.15) is 12.5 Å². The first-order chi connectivity index (χ1) is 6.13. The van der Waals surface area contributed by atoms with Crippen molar-refractivity contribution in [2.24, 2.45) is 5.92 Å². The minimum atomic E-state index is 0.0167. The minimum Gasteiger partial charge on any atom is -0.397 e. The van der Waals surface area contributed by atoms with Crippen molar-refractivity contribution in [2.75, 3.05) is 11.5 Å². The molecule has 0 spiro atoms. The fourth-order valence-electron chi connectivity index (χ4n) is 1.15. The summed E-state index contributed by atoms with van der Waals surface area (Å²) in [5, 5.41) is 8.61. The molecule has 0 saturated heterocycles. The second-order valence-corrected chi connectivity index (χ2v) is 3.20. The lowest BCUT2D eigenvalue weighted by Gasteiger charge is -2.05. The molecule has 0 heterocycles. The van der Waals surface area contributed by atoms with E-state index in [4.69, 9.17) is 16.7 Å². The largest absolute Gasteiger partial charge is 0.397 e. The van der Waals surface area contributed by atoms with Gasteiger partial charge in [-0.3, -0.25) is 0 Å². The molecule has 68 valence electrons. The van der Waals surface area contributed by atoms with Gasteiger partial charge >= 0.3 is 0 Å². The molecule has 1 atom stereocenters. The van der Waals surface area contributed by atoms with E-state index in [9.17, 15) is 0 Å². The average molecular weight is 175 g/mol. The highest BCUT2D eigenvalue weighted by Crippen LogP contribution is 2.18. The summed E-state index contributed by atoms with van der Waals surface area (Å²) in [6.45, 7) is 1.88. The van der Waals surface area contributed by atoms with Crippen molar-refractivity contribution in [3.05, 3.63) is 23.8 Å². The molecule has 1 unspecified atom stereocenters. The Morgan fingerprint density at radius 2 is 2.08 bits per heavy atom. The van der Waals surface area contributed by atoms with Crippen LogP contribution in [0.3, 0.4) is 0 Å². The summed E-state index contributed by atoms with van der Waals surface area (Å²) in [6.07, 6.45) is 0.723. The van der Waals surface area contributed by atoms with Gasteiger partial charge in [0.05, 0.1) is 17.4 Å². The second kappa shape index (κ2) is 3.81. The lowest BCUT2D eigenvalue weighted by Crippen LogP contribution is -1.99. The van der Waals surface area contributed by atoms with E-state index in [2.05, 4.69) is 6.07 Å². The summed E-state index contributed by atoms with van der Waals surface area (Å²) < 4.78 is 0. The fourth-order valence-corrected chi connectivity index (χ4v) is 1.15. The summed E-state index contributed by atoms with van der Waals surface area (Å²) in [4.78, 5) is 0.